The lowest BCUT2D eigenvalue weighted by Gasteiger charge is -2.07. The molecule has 19 heavy (non-hydrogen) atoms. The van der Waals surface area contributed by atoms with Gasteiger partial charge in [0.25, 0.3) is 0 Å². The maximum absolute atomic E-state index is 11.3. The van der Waals surface area contributed by atoms with Crippen LogP contribution in [0.25, 0.3) is 5.65 Å². The SMILES string of the molecule is CCCNC(=O)NCCSc1cccc2nccn12. The molecule has 6 heteroatoms. The molecule has 0 aliphatic heterocycles. The van der Waals surface area contributed by atoms with Gasteiger partial charge in [0.2, 0.25) is 0 Å². The van der Waals surface area contributed by atoms with E-state index in [-0.39, 0.29) is 6.03 Å². The van der Waals surface area contributed by atoms with Gasteiger partial charge in [-0.1, -0.05) is 13.0 Å². The van der Waals surface area contributed by atoms with Crippen molar-refractivity contribution in [2.45, 2.75) is 18.4 Å². The third kappa shape index (κ3) is 3.89. The highest BCUT2D eigenvalue weighted by Crippen LogP contribution is 2.18. The molecule has 0 bridgehead atoms. The summed E-state index contributed by atoms with van der Waals surface area (Å²) < 4.78 is 2.04. The molecular weight excluding hydrogens is 260 g/mol. The van der Waals surface area contributed by atoms with E-state index in [9.17, 15) is 4.79 Å². The van der Waals surface area contributed by atoms with E-state index in [2.05, 4.69) is 21.7 Å². The standard InChI is InChI=1S/C13H18N4OS/c1-2-6-15-13(18)16-8-10-19-12-5-3-4-11-14-7-9-17(11)12/h3-5,7,9H,2,6,8,10H2,1H3,(H2,15,16,18). The number of pyridine rings is 1. The Morgan fingerprint density at radius 2 is 2.21 bits per heavy atom. The predicted octanol–water partition coefficient (Wildman–Crippen LogP) is 2.14. The van der Waals surface area contributed by atoms with Gasteiger partial charge in [0.1, 0.15) is 5.65 Å². The number of aromatic nitrogens is 2. The Labute approximate surface area is 116 Å². The molecule has 2 N–H and O–H groups in total. The van der Waals surface area contributed by atoms with Gasteiger partial charge >= 0.3 is 6.03 Å². The van der Waals surface area contributed by atoms with Crippen molar-refractivity contribution in [2.75, 3.05) is 18.8 Å². The highest BCUT2D eigenvalue weighted by molar-refractivity contribution is 7.99. The highest BCUT2D eigenvalue weighted by atomic mass is 32.2. The summed E-state index contributed by atoms with van der Waals surface area (Å²) in [5.74, 6) is 0.830. The lowest BCUT2D eigenvalue weighted by atomic mass is 10.5. The molecule has 0 aliphatic rings. The number of urea groups is 1. The molecule has 0 spiro atoms. The van der Waals surface area contributed by atoms with Crippen LogP contribution in [0.5, 0.6) is 0 Å². The summed E-state index contributed by atoms with van der Waals surface area (Å²) in [7, 11) is 0. The van der Waals surface area contributed by atoms with Gasteiger partial charge in [0.05, 0.1) is 5.03 Å². The topological polar surface area (TPSA) is 58.4 Å². The predicted molar refractivity (Wildman–Crippen MR) is 77.6 cm³/mol. The number of hydrogen-bond acceptors (Lipinski definition) is 3. The molecule has 0 fully saturated rings. The van der Waals surface area contributed by atoms with E-state index in [1.165, 1.54) is 0 Å². The van der Waals surface area contributed by atoms with Crippen LogP contribution in [0.2, 0.25) is 0 Å². The van der Waals surface area contributed by atoms with Gasteiger partial charge < -0.3 is 10.6 Å². The number of rotatable bonds is 6. The van der Waals surface area contributed by atoms with Gasteiger partial charge in [-0.05, 0) is 18.6 Å². The van der Waals surface area contributed by atoms with Crippen LogP contribution in [0, 0.1) is 0 Å². The number of hydrogen-bond donors (Lipinski definition) is 2. The molecule has 0 saturated carbocycles. The second-order valence-corrected chi connectivity index (χ2v) is 5.17. The third-order valence-electron chi connectivity index (χ3n) is 2.56. The Bertz CT molecular complexity index is 540. The Kier molecular flexibility index (Phi) is 5.09. The smallest absolute Gasteiger partial charge is 0.314 e. The van der Waals surface area contributed by atoms with E-state index < -0.39 is 0 Å². The zero-order chi connectivity index (χ0) is 13.5. The first-order valence-electron chi connectivity index (χ1n) is 6.38. The molecule has 0 aromatic carbocycles. The quantitative estimate of drug-likeness (QED) is 0.628. The lowest BCUT2D eigenvalue weighted by Crippen LogP contribution is -2.36. The Balaban J connectivity index is 1.77. The van der Waals surface area contributed by atoms with Crippen molar-refractivity contribution in [3.8, 4) is 0 Å². The summed E-state index contributed by atoms with van der Waals surface area (Å²) in [6.07, 6.45) is 4.68. The average molecular weight is 278 g/mol. The van der Waals surface area contributed by atoms with Crippen LogP contribution in [0.3, 0.4) is 0 Å². The van der Waals surface area contributed by atoms with Crippen LogP contribution in [-0.2, 0) is 0 Å². The van der Waals surface area contributed by atoms with Crippen molar-refractivity contribution in [1.29, 1.82) is 0 Å². The average Bonchev–Trinajstić information content (AvgIpc) is 2.90. The Morgan fingerprint density at radius 1 is 1.37 bits per heavy atom. The van der Waals surface area contributed by atoms with Crippen molar-refractivity contribution >= 4 is 23.4 Å². The van der Waals surface area contributed by atoms with Crippen molar-refractivity contribution in [3.63, 3.8) is 0 Å². The van der Waals surface area contributed by atoms with Crippen molar-refractivity contribution in [3.05, 3.63) is 30.6 Å². The van der Waals surface area contributed by atoms with E-state index in [1.807, 2.05) is 29.7 Å². The third-order valence-corrected chi connectivity index (χ3v) is 3.60. The van der Waals surface area contributed by atoms with Crippen molar-refractivity contribution < 1.29 is 4.79 Å². The molecule has 2 amide bonds. The summed E-state index contributed by atoms with van der Waals surface area (Å²) in [6, 6.07) is 5.92. The zero-order valence-electron chi connectivity index (χ0n) is 10.9. The molecule has 5 nitrogen and oxygen atoms in total. The molecule has 2 aromatic heterocycles. The lowest BCUT2D eigenvalue weighted by molar-refractivity contribution is 0.241. The van der Waals surface area contributed by atoms with Gasteiger partial charge in [0, 0.05) is 31.2 Å². The largest absolute Gasteiger partial charge is 0.338 e. The summed E-state index contributed by atoms with van der Waals surface area (Å²) in [5, 5.41) is 6.75. The first-order valence-corrected chi connectivity index (χ1v) is 7.36. The number of amides is 2. The Morgan fingerprint density at radius 3 is 3.05 bits per heavy atom. The van der Waals surface area contributed by atoms with Crippen LogP contribution >= 0.6 is 11.8 Å². The second kappa shape index (κ2) is 7.04. The summed E-state index contributed by atoms with van der Waals surface area (Å²) in [5.41, 5.74) is 0.943. The first kappa shape index (κ1) is 13.7. The van der Waals surface area contributed by atoms with Gasteiger partial charge in [-0.15, -0.1) is 11.8 Å². The Hall–Kier alpha value is -1.69. The molecular formula is C13H18N4OS. The number of nitrogens with one attached hydrogen (secondary N) is 2. The fourth-order valence-corrected chi connectivity index (χ4v) is 2.54. The normalized spacial score (nSPS) is 10.6. The zero-order valence-corrected chi connectivity index (χ0v) is 11.7. The summed E-state index contributed by atoms with van der Waals surface area (Å²) >= 11 is 1.70. The van der Waals surface area contributed by atoms with E-state index in [1.54, 1.807) is 18.0 Å². The molecule has 2 heterocycles. The monoisotopic (exact) mass is 278 g/mol. The van der Waals surface area contributed by atoms with Crippen molar-refractivity contribution in [2.24, 2.45) is 0 Å². The highest BCUT2D eigenvalue weighted by Gasteiger charge is 2.02. The second-order valence-electron chi connectivity index (χ2n) is 4.05. The molecule has 2 rings (SSSR count). The molecule has 0 unspecified atom stereocenters. The molecule has 0 radical (unpaired) electrons. The van der Waals surface area contributed by atoms with Gasteiger partial charge in [0.15, 0.2) is 0 Å². The van der Waals surface area contributed by atoms with Crippen LogP contribution < -0.4 is 10.6 Å². The summed E-state index contributed by atoms with van der Waals surface area (Å²) in [4.78, 5) is 15.6. The minimum atomic E-state index is -0.0942. The van der Waals surface area contributed by atoms with Crippen LogP contribution in [-0.4, -0.2) is 34.3 Å². The van der Waals surface area contributed by atoms with Gasteiger partial charge in [-0.2, -0.15) is 0 Å². The molecule has 0 atom stereocenters. The van der Waals surface area contributed by atoms with E-state index in [0.717, 1.165) is 22.8 Å². The number of thioether (sulfide) groups is 1. The molecule has 102 valence electrons. The fourth-order valence-electron chi connectivity index (χ4n) is 1.66. The van der Waals surface area contributed by atoms with E-state index in [4.69, 9.17) is 0 Å². The van der Waals surface area contributed by atoms with Gasteiger partial charge in [-0.25, -0.2) is 9.78 Å². The van der Waals surface area contributed by atoms with Gasteiger partial charge in [-0.3, -0.25) is 4.40 Å². The maximum Gasteiger partial charge on any atom is 0.314 e. The van der Waals surface area contributed by atoms with Crippen LogP contribution in [0.1, 0.15) is 13.3 Å². The van der Waals surface area contributed by atoms with E-state index >= 15 is 0 Å². The maximum atomic E-state index is 11.3. The fraction of sp³-hybridized carbons (Fsp3) is 0.385. The number of fused-ring (bicyclic) bond motifs is 1. The number of carbonyl (C=O) groups is 1. The summed E-state index contributed by atoms with van der Waals surface area (Å²) in [6.45, 7) is 3.39. The van der Waals surface area contributed by atoms with Crippen LogP contribution in [0.4, 0.5) is 4.79 Å². The minimum absolute atomic E-state index is 0.0942. The molecule has 0 saturated heterocycles. The van der Waals surface area contributed by atoms with Crippen molar-refractivity contribution in [1.82, 2.24) is 20.0 Å². The number of nitrogens with zero attached hydrogens (tertiary/aromatic N) is 2. The van der Waals surface area contributed by atoms with Crippen LogP contribution in [0.15, 0.2) is 35.6 Å². The van der Waals surface area contributed by atoms with E-state index in [0.29, 0.717) is 13.1 Å². The number of imidazole rings is 1. The first-order chi connectivity index (χ1) is 9.31. The minimum Gasteiger partial charge on any atom is -0.338 e. The molecule has 0 aliphatic carbocycles. The number of carbonyl (C=O) groups excluding carboxylic acids is 1. The molecule has 2 aromatic rings.